The van der Waals surface area contributed by atoms with Gasteiger partial charge in [0.25, 0.3) is 6.71 Å². The van der Waals surface area contributed by atoms with Crippen LogP contribution in [0, 0.1) is 0 Å². The zero-order valence-electron chi connectivity index (χ0n) is 44.8. The fourth-order valence-corrected chi connectivity index (χ4v) is 13.3. The molecule has 1 saturated carbocycles. The summed E-state index contributed by atoms with van der Waals surface area (Å²) >= 11 is 0. The summed E-state index contributed by atoms with van der Waals surface area (Å²) in [4.78, 5) is 8.05. The minimum atomic E-state index is -0.131. The Bertz CT molecular complexity index is 3360. The van der Waals surface area contributed by atoms with Gasteiger partial charge in [-0.2, -0.15) is 0 Å². The van der Waals surface area contributed by atoms with Crippen LogP contribution < -0.4 is 31.1 Å². The second-order valence-corrected chi connectivity index (χ2v) is 25.2. The molecule has 7 aromatic carbocycles. The normalized spacial score (nSPS) is 20.1. The topological polar surface area (TPSA) is 9.72 Å². The van der Waals surface area contributed by atoms with Gasteiger partial charge in [0.2, 0.25) is 0 Å². The van der Waals surface area contributed by atoms with E-state index in [1.54, 1.807) is 0 Å². The molecule has 5 aliphatic rings. The molecule has 2 aliphatic carbocycles. The maximum absolute atomic E-state index is 2.78. The van der Waals surface area contributed by atoms with Crippen LogP contribution in [0.15, 0.2) is 164 Å². The zero-order valence-corrected chi connectivity index (χ0v) is 44.8. The first-order valence-corrected chi connectivity index (χ1v) is 27.0. The molecule has 2 atom stereocenters. The summed E-state index contributed by atoms with van der Waals surface area (Å²) in [6, 6.07) is 57.2. The Kier molecular flexibility index (Phi) is 10.7. The SMILES string of the molecule is CC(C)(C)c1ccc(N2c3cc(N4c5ccc(C6=CCCC=C6)cc5C5(C)CCCCC45C)ccc3B3c4ccccc4N(c4ccc(C(C)(C)C)cc4-c4ccccc4)c4cc(C(C)(C)C)cc2c43)cc1. The van der Waals surface area contributed by atoms with Crippen molar-refractivity contribution in [1.29, 1.82) is 0 Å². The van der Waals surface area contributed by atoms with Gasteiger partial charge in [-0.15, -0.1) is 0 Å². The minimum absolute atomic E-state index is 0.00643. The fourth-order valence-electron chi connectivity index (χ4n) is 13.3. The van der Waals surface area contributed by atoms with Crippen molar-refractivity contribution in [1.82, 2.24) is 0 Å². The molecule has 4 heteroatoms. The Morgan fingerprint density at radius 1 is 0.472 bits per heavy atom. The summed E-state index contributed by atoms with van der Waals surface area (Å²) in [6.45, 7) is 26.3. The van der Waals surface area contributed by atoms with Gasteiger partial charge in [0.1, 0.15) is 0 Å². The highest BCUT2D eigenvalue weighted by Gasteiger charge is 2.58. The highest BCUT2D eigenvalue weighted by atomic mass is 15.3. The lowest BCUT2D eigenvalue weighted by molar-refractivity contribution is 0.195. The predicted molar refractivity (Wildman–Crippen MR) is 311 cm³/mol. The van der Waals surface area contributed by atoms with Gasteiger partial charge in [-0.25, -0.2) is 0 Å². The molecule has 0 saturated heterocycles. The Morgan fingerprint density at radius 2 is 1.11 bits per heavy atom. The third-order valence-corrected chi connectivity index (χ3v) is 17.7. The molecule has 0 amide bonds. The number of rotatable bonds is 5. The number of anilines is 8. The van der Waals surface area contributed by atoms with Crippen molar-refractivity contribution in [3.8, 4) is 11.1 Å². The van der Waals surface area contributed by atoms with E-state index in [1.165, 1.54) is 126 Å². The Labute approximate surface area is 431 Å². The molecule has 0 N–H and O–H groups in total. The van der Waals surface area contributed by atoms with Crippen LogP contribution in [0.1, 0.15) is 143 Å². The highest BCUT2D eigenvalue weighted by Crippen LogP contribution is 2.62. The quantitative estimate of drug-likeness (QED) is 0.159. The van der Waals surface area contributed by atoms with Crippen LogP contribution in [-0.2, 0) is 21.7 Å². The van der Waals surface area contributed by atoms with Crippen molar-refractivity contribution in [2.75, 3.05) is 14.7 Å². The average Bonchev–Trinajstić information content (AvgIpc) is 3.58. The van der Waals surface area contributed by atoms with E-state index in [9.17, 15) is 0 Å². The lowest BCUT2D eigenvalue weighted by Crippen LogP contribution is -2.61. The highest BCUT2D eigenvalue weighted by molar-refractivity contribution is 7.00. The van der Waals surface area contributed by atoms with Crippen LogP contribution in [0.2, 0.25) is 0 Å². The molecule has 2 unspecified atom stereocenters. The molecule has 7 aromatic rings. The standard InChI is InChI=1S/C68H72BN3/c1-64(2,3)48-29-32-51(33-30-48)70-60-44-52(72-58-36-28-47(45-22-14-12-15-23-45)40-54(58)67(10)38-20-21-39-68(67,72)11)34-35-56(60)69-55-26-18-19-27-59(55)71(62-43-50(66(7,8)9)42-61(70)63(62)69)57-37-31-49(65(4,5)6)41-53(57)46-24-16-13-17-25-46/h13-14,16-19,22-37,40-44H,12,15,20-21,38-39H2,1-11H3. The number of hydrogen-bond donors (Lipinski definition) is 0. The van der Waals surface area contributed by atoms with E-state index in [4.69, 9.17) is 0 Å². The summed E-state index contributed by atoms with van der Waals surface area (Å²) in [6.07, 6.45) is 14.2. The van der Waals surface area contributed by atoms with Gasteiger partial charge in [0.15, 0.2) is 0 Å². The number of nitrogens with zero attached hydrogens (tertiary/aromatic N) is 3. The lowest BCUT2D eigenvalue weighted by Gasteiger charge is -2.50. The minimum Gasteiger partial charge on any atom is -0.334 e. The zero-order chi connectivity index (χ0) is 50.1. The van der Waals surface area contributed by atoms with E-state index in [0.717, 1.165) is 19.3 Å². The van der Waals surface area contributed by atoms with E-state index in [1.807, 2.05) is 0 Å². The molecule has 3 aliphatic heterocycles. The monoisotopic (exact) mass is 942 g/mol. The van der Waals surface area contributed by atoms with Gasteiger partial charge >= 0.3 is 0 Å². The van der Waals surface area contributed by atoms with Gasteiger partial charge < -0.3 is 14.7 Å². The molecule has 0 bridgehead atoms. The van der Waals surface area contributed by atoms with Gasteiger partial charge in [0, 0.05) is 50.8 Å². The number of benzene rings is 7. The van der Waals surface area contributed by atoms with Crippen molar-refractivity contribution in [2.45, 2.75) is 142 Å². The second-order valence-electron chi connectivity index (χ2n) is 25.2. The molecule has 0 spiro atoms. The summed E-state index contributed by atoms with van der Waals surface area (Å²) in [5.74, 6) is 0. The third-order valence-electron chi connectivity index (χ3n) is 17.7. The maximum Gasteiger partial charge on any atom is 0.252 e. The van der Waals surface area contributed by atoms with Gasteiger partial charge in [-0.3, -0.25) is 0 Å². The van der Waals surface area contributed by atoms with E-state index < -0.39 is 0 Å². The van der Waals surface area contributed by atoms with Crippen molar-refractivity contribution in [2.24, 2.45) is 0 Å². The summed E-state index contributed by atoms with van der Waals surface area (Å²) in [7, 11) is 0. The van der Waals surface area contributed by atoms with Crippen LogP contribution in [0.25, 0.3) is 16.7 Å². The fraction of sp³-hybridized carbons (Fsp3) is 0.324. The Balaban J connectivity index is 1.13. The maximum atomic E-state index is 2.78. The molecule has 3 nitrogen and oxygen atoms in total. The van der Waals surface area contributed by atoms with Crippen molar-refractivity contribution in [3.05, 3.63) is 192 Å². The van der Waals surface area contributed by atoms with Gasteiger partial charge in [-0.05, 0) is 171 Å². The average molecular weight is 942 g/mol. The molecule has 0 radical (unpaired) electrons. The first kappa shape index (κ1) is 46.5. The summed E-state index contributed by atoms with van der Waals surface area (Å²) < 4.78 is 0. The number of para-hydroxylation sites is 1. The smallest absolute Gasteiger partial charge is 0.252 e. The number of hydrogen-bond acceptors (Lipinski definition) is 3. The number of fused-ring (bicyclic) bond motifs is 7. The molecule has 1 fully saturated rings. The van der Waals surface area contributed by atoms with Crippen LogP contribution in [0.4, 0.5) is 45.5 Å². The largest absolute Gasteiger partial charge is 0.334 e. The molecule has 362 valence electrons. The van der Waals surface area contributed by atoms with Crippen LogP contribution in [-0.4, -0.2) is 12.3 Å². The van der Waals surface area contributed by atoms with Crippen LogP contribution in [0.3, 0.4) is 0 Å². The lowest BCUT2D eigenvalue weighted by atomic mass is 9.33. The van der Waals surface area contributed by atoms with E-state index in [-0.39, 0.29) is 33.9 Å². The van der Waals surface area contributed by atoms with Gasteiger partial charge in [-0.1, -0.05) is 179 Å². The van der Waals surface area contributed by atoms with E-state index in [0.29, 0.717) is 0 Å². The molecule has 72 heavy (non-hydrogen) atoms. The molecule has 12 rings (SSSR count). The first-order chi connectivity index (χ1) is 34.3. The molecular weight excluding hydrogens is 870 g/mol. The molecule has 0 aromatic heterocycles. The van der Waals surface area contributed by atoms with Crippen LogP contribution in [0.5, 0.6) is 0 Å². The third kappa shape index (κ3) is 7.20. The molecule has 3 heterocycles. The van der Waals surface area contributed by atoms with Crippen LogP contribution >= 0.6 is 0 Å². The summed E-state index contributed by atoms with van der Waals surface area (Å²) in [5, 5.41) is 0. The predicted octanol–water partition coefficient (Wildman–Crippen LogP) is 16.8. The second kappa shape index (κ2) is 16.5. The first-order valence-electron chi connectivity index (χ1n) is 27.0. The van der Waals surface area contributed by atoms with Crippen molar-refractivity contribution < 1.29 is 0 Å². The van der Waals surface area contributed by atoms with E-state index >= 15 is 0 Å². The summed E-state index contributed by atoms with van der Waals surface area (Å²) in [5.41, 5.74) is 24.6. The van der Waals surface area contributed by atoms with Gasteiger partial charge in [0.05, 0.1) is 11.2 Å². The Morgan fingerprint density at radius 3 is 1.82 bits per heavy atom. The Hall–Kier alpha value is -6.52. The molecular formula is C68H72BN3. The van der Waals surface area contributed by atoms with Crippen molar-refractivity contribution >= 4 is 74.2 Å². The van der Waals surface area contributed by atoms with Crippen molar-refractivity contribution in [3.63, 3.8) is 0 Å². The number of allylic oxidation sites excluding steroid dienone is 4. The van der Waals surface area contributed by atoms with E-state index in [2.05, 4.69) is 255 Å².